The molecule has 5 rings (SSSR count). The molecule has 12 heteroatoms. The largest absolute Gasteiger partial charge is 0.504 e. The van der Waals surface area contributed by atoms with Gasteiger partial charge in [0.05, 0.1) is 5.60 Å². The van der Waals surface area contributed by atoms with Crippen LogP contribution in [0.15, 0.2) is 41.4 Å². The van der Waals surface area contributed by atoms with E-state index in [0.717, 1.165) is 32.6 Å². The van der Waals surface area contributed by atoms with Gasteiger partial charge in [0.25, 0.3) is 0 Å². The van der Waals surface area contributed by atoms with Crippen molar-refractivity contribution in [3.05, 3.63) is 58.8 Å². The number of hydrogen-bond donors (Lipinski definition) is 5. The summed E-state index contributed by atoms with van der Waals surface area (Å²) in [6.45, 7) is 19.0. The van der Waals surface area contributed by atoms with Gasteiger partial charge in [-0.15, -0.1) is 4.99 Å². The number of benzene rings is 2. The number of amides is 2. The lowest BCUT2D eigenvalue weighted by Gasteiger charge is -2.47. The molecule has 3 unspecified atom stereocenters. The Bertz CT molecular complexity index is 1750. The summed E-state index contributed by atoms with van der Waals surface area (Å²) in [4.78, 5) is 36.3. The molecule has 3 atom stereocenters. The molecule has 0 saturated carbocycles. The first-order valence-electron chi connectivity index (χ1n) is 17.4. The van der Waals surface area contributed by atoms with Gasteiger partial charge in [-0.3, -0.25) is 4.90 Å². The van der Waals surface area contributed by atoms with Crippen LogP contribution in [0.3, 0.4) is 0 Å². The molecular formula is C38H55N5O7. The Morgan fingerprint density at radius 1 is 1.06 bits per heavy atom. The molecule has 3 aromatic rings. The number of likely N-dealkylation sites (tertiary alicyclic amines) is 1. The highest BCUT2D eigenvalue weighted by molar-refractivity contribution is 5.98. The first-order valence-corrected chi connectivity index (χ1v) is 17.4. The number of nitrogens with two attached hydrogens (primary N) is 1. The molecule has 50 heavy (non-hydrogen) atoms. The third-order valence-corrected chi connectivity index (χ3v) is 9.53. The van der Waals surface area contributed by atoms with Gasteiger partial charge in [-0.2, -0.15) is 0 Å². The second kappa shape index (κ2) is 14.1. The number of nitrogens with zero attached hydrogens (tertiary/aromatic N) is 3. The summed E-state index contributed by atoms with van der Waals surface area (Å²) < 4.78 is 10.8. The maximum Gasteiger partial charge on any atom is 0.437 e. The minimum Gasteiger partial charge on any atom is -0.504 e. The average Bonchev–Trinajstić information content (AvgIpc) is 3.34. The highest BCUT2D eigenvalue weighted by Crippen LogP contribution is 2.57. The number of carbonyl (C=O) groups is 2. The van der Waals surface area contributed by atoms with Gasteiger partial charge >= 0.3 is 12.2 Å². The van der Waals surface area contributed by atoms with Crippen molar-refractivity contribution in [2.24, 2.45) is 10.7 Å². The minimum absolute atomic E-state index is 0.0749. The molecule has 1 aliphatic carbocycles. The Morgan fingerprint density at radius 2 is 1.70 bits per heavy atom. The third-order valence-electron chi connectivity index (χ3n) is 9.53. The Kier molecular flexibility index (Phi) is 10.9. The molecule has 6 N–H and O–H groups in total. The first kappa shape index (κ1) is 38.5. The highest BCUT2D eigenvalue weighted by atomic mass is 16.6. The molecule has 2 bridgehead atoms. The van der Waals surface area contributed by atoms with E-state index in [-0.39, 0.29) is 30.0 Å². The number of aliphatic imine (C=N–C) groups is 1. The molecule has 2 aliphatic rings. The second-order valence-electron chi connectivity index (χ2n) is 15.3. The molecule has 0 radical (unpaired) electrons. The maximum absolute atomic E-state index is 13.2. The number of aromatic hydroxyl groups is 2. The lowest BCUT2D eigenvalue weighted by molar-refractivity contribution is -0.0327. The van der Waals surface area contributed by atoms with Crippen molar-refractivity contribution in [1.29, 1.82) is 0 Å². The molecule has 2 heterocycles. The number of nitrogens with one attached hydrogen (secondary N) is 1. The van der Waals surface area contributed by atoms with Crippen LogP contribution in [0.5, 0.6) is 11.5 Å². The molecule has 12 nitrogen and oxygen atoms in total. The summed E-state index contributed by atoms with van der Waals surface area (Å²) in [6.07, 6.45) is -0.449. The second-order valence-corrected chi connectivity index (χ2v) is 15.3. The Hall–Kier alpha value is -4.29. The number of H-pyrrole nitrogens is 1. The molecule has 1 aliphatic heterocycles. The van der Waals surface area contributed by atoms with Gasteiger partial charge in [-0.25, -0.2) is 14.5 Å². The smallest absolute Gasteiger partial charge is 0.437 e. The fraction of sp³-hybridized carbons (Fsp3) is 0.553. The van der Waals surface area contributed by atoms with Crippen LogP contribution in [0, 0.1) is 6.92 Å². The minimum atomic E-state index is -1.31. The molecule has 2 aromatic carbocycles. The zero-order valence-corrected chi connectivity index (χ0v) is 31.2. The van der Waals surface area contributed by atoms with Crippen molar-refractivity contribution in [1.82, 2.24) is 14.8 Å². The number of carbonyl (C=O) groups excluding carboxylic acids is 2. The van der Waals surface area contributed by atoms with E-state index in [1.807, 2.05) is 45.0 Å². The van der Waals surface area contributed by atoms with E-state index in [4.69, 9.17) is 15.2 Å². The Labute approximate surface area is 295 Å². The third kappa shape index (κ3) is 7.56. The monoisotopic (exact) mass is 693 g/mol. The summed E-state index contributed by atoms with van der Waals surface area (Å²) in [5, 5.41) is 35.5. The lowest BCUT2D eigenvalue weighted by atomic mass is 9.59. The molecule has 1 fully saturated rings. The van der Waals surface area contributed by atoms with Crippen molar-refractivity contribution in [2.75, 3.05) is 19.6 Å². The summed E-state index contributed by atoms with van der Waals surface area (Å²) in [7, 11) is 0. The molecule has 0 spiro atoms. The molecule has 2 amide bonds. The molecular weight excluding hydrogens is 638 g/mol. The normalized spacial score (nSPS) is 22.1. The van der Waals surface area contributed by atoms with Crippen LogP contribution in [0.25, 0.3) is 10.9 Å². The number of fused-ring (bicyclic) bond motifs is 5. The number of guanidine groups is 1. The van der Waals surface area contributed by atoms with Gasteiger partial charge in [0.2, 0.25) is 5.96 Å². The number of phenolic OH excluding ortho intramolecular Hbond substituents is 2. The standard InChI is InChI=1S/C36H49N5O7.C2H6/c1-21-23-12-9-10-13-24(23)38-25(21)19-36-20-40(27(35(36,8)46)18-22-14-15-26(42)29(43)28(22)36)16-11-17-41(32(45)48-34(5,6)7)30(37)39-31(44)47-33(2,3)4;1-2/h9-10,12-15,27,38,42-43,46H,11,16-20H2,1-8H3,(H2,37,39,44);1-2H3. The van der Waals surface area contributed by atoms with E-state index in [1.54, 1.807) is 48.5 Å². The number of rotatable bonds is 6. The number of aromatic amines is 1. The number of phenols is 2. The Morgan fingerprint density at radius 3 is 2.32 bits per heavy atom. The van der Waals surface area contributed by atoms with Gasteiger partial charge in [0.1, 0.15) is 11.2 Å². The van der Waals surface area contributed by atoms with Crippen molar-refractivity contribution in [2.45, 2.75) is 117 Å². The van der Waals surface area contributed by atoms with E-state index in [1.165, 1.54) is 6.07 Å². The number of ether oxygens (including phenoxy) is 2. The van der Waals surface area contributed by atoms with Gasteiger partial charge in [0, 0.05) is 59.7 Å². The highest BCUT2D eigenvalue weighted by Gasteiger charge is 2.64. The summed E-state index contributed by atoms with van der Waals surface area (Å²) in [6, 6.07) is 11.0. The van der Waals surface area contributed by atoms with E-state index >= 15 is 0 Å². The predicted molar refractivity (Wildman–Crippen MR) is 195 cm³/mol. The van der Waals surface area contributed by atoms with Gasteiger partial charge in [-0.05, 0) is 91.5 Å². The fourth-order valence-corrected chi connectivity index (χ4v) is 7.35. The van der Waals surface area contributed by atoms with Crippen LogP contribution in [0.2, 0.25) is 0 Å². The predicted octanol–water partition coefficient (Wildman–Crippen LogP) is 6.26. The number of aryl methyl sites for hydroxylation is 1. The van der Waals surface area contributed by atoms with Crippen LogP contribution in [-0.2, 0) is 27.7 Å². The fourth-order valence-electron chi connectivity index (χ4n) is 7.35. The maximum atomic E-state index is 13.2. The quantitative estimate of drug-likeness (QED) is 0.113. The van der Waals surface area contributed by atoms with E-state index in [9.17, 15) is 24.9 Å². The van der Waals surface area contributed by atoms with Crippen molar-refractivity contribution < 1.29 is 34.4 Å². The number of para-hydroxylation sites is 1. The van der Waals surface area contributed by atoms with Crippen LogP contribution in [0.4, 0.5) is 9.59 Å². The number of hydrogen-bond acceptors (Lipinski definition) is 8. The molecule has 1 aromatic heterocycles. The lowest BCUT2D eigenvalue weighted by Crippen LogP contribution is -2.57. The van der Waals surface area contributed by atoms with E-state index in [0.29, 0.717) is 37.9 Å². The summed E-state index contributed by atoms with van der Waals surface area (Å²) in [5.41, 5.74) is 6.67. The van der Waals surface area contributed by atoms with Crippen LogP contribution >= 0.6 is 0 Å². The van der Waals surface area contributed by atoms with Gasteiger partial charge < -0.3 is 35.5 Å². The topological polar surface area (TPSA) is 174 Å². The van der Waals surface area contributed by atoms with Crippen molar-refractivity contribution >= 4 is 29.0 Å². The van der Waals surface area contributed by atoms with Crippen molar-refractivity contribution in [3.8, 4) is 11.5 Å². The Balaban J connectivity index is 0.00000276. The number of aliphatic hydroxyl groups is 1. The molecule has 274 valence electrons. The van der Waals surface area contributed by atoms with Crippen LogP contribution in [-0.4, -0.2) is 90.7 Å². The number of aromatic nitrogens is 1. The van der Waals surface area contributed by atoms with Gasteiger partial charge in [0.15, 0.2) is 11.5 Å². The summed E-state index contributed by atoms with van der Waals surface area (Å²) >= 11 is 0. The van der Waals surface area contributed by atoms with E-state index in [2.05, 4.69) is 20.9 Å². The first-order chi connectivity index (χ1) is 23.2. The SMILES string of the molecule is CC.Cc1c(CC23CN(CCCN(C(=O)OC(C)(C)C)/C(N)=N/C(=O)OC(C)(C)C)C(Cc4ccc(O)c(O)c42)C3(C)O)[nH]c2ccccc12. The zero-order chi connectivity index (χ0) is 37.4. The summed E-state index contributed by atoms with van der Waals surface area (Å²) in [5.74, 6) is -0.796. The zero-order valence-electron chi connectivity index (χ0n) is 31.2. The van der Waals surface area contributed by atoms with Gasteiger partial charge in [-0.1, -0.05) is 38.1 Å². The average molecular weight is 694 g/mol. The van der Waals surface area contributed by atoms with Crippen LogP contribution < -0.4 is 5.73 Å². The van der Waals surface area contributed by atoms with Crippen LogP contribution in [0.1, 0.15) is 91.1 Å². The van der Waals surface area contributed by atoms with E-state index < -0.39 is 34.4 Å². The van der Waals surface area contributed by atoms with Crippen molar-refractivity contribution in [3.63, 3.8) is 0 Å². The molecule has 1 saturated heterocycles.